The van der Waals surface area contributed by atoms with Gasteiger partial charge in [0, 0.05) is 13.1 Å². The Kier molecular flexibility index (Phi) is 1.89. The summed E-state index contributed by atoms with van der Waals surface area (Å²) in [7, 11) is 0. The second kappa shape index (κ2) is 2.68. The number of aryl methyl sites for hydroxylation is 2. The number of rotatable bonds is 2. The van der Waals surface area contributed by atoms with Gasteiger partial charge in [-0.1, -0.05) is 0 Å². The first kappa shape index (κ1) is 7.05. The molecule has 10 heavy (non-hydrogen) atoms. The highest BCUT2D eigenvalue weighted by Gasteiger charge is 1.98. The molecule has 0 saturated heterocycles. The molecule has 56 valence electrons. The van der Waals surface area contributed by atoms with E-state index in [-0.39, 0.29) is 5.69 Å². The van der Waals surface area contributed by atoms with Crippen molar-refractivity contribution in [1.82, 2.24) is 14.3 Å². The third-order valence-electron chi connectivity index (χ3n) is 1.44. The normalized spacial score (nSPS) is 10.2. The lowest BCUT2D eigenvalue weighted by Crippen LogP contribution is -2.23. The van der Waals surface area contributed by atoms with Crippen LogP contribution in [0.1, 0.15) is 13.8 Å². The highest BCUT2D eigenvalue weighted by Crippen LogP contribution is 1.77. The van der Waals surface area contributed by atoms with Crippen LogP contribution in [0.4, 0.5) is 0 Å². The predicted octanol–water partition coefficient (Wildman–Crippen LogP) is 0.0846. The van der Waals surface area contributed by atoms with Crippen molar-refractivity contribution >= 4 is 0 Å². The molecule has 1 aromatic rings. The average Bonchev–Trinajstić information content (AvgIpc) is 2.30. The zero-order valence-corrected chi connectivity index (χ0v) is 6.24. The van der Waals surface area contributed by atoms with Crippen molar-refractivity contribution in [2.75, 3.05) is 0 Å². The van der Waals surface area contributed by atoms with Crippen LogP contribution in [0.5, 0.6) is 0 Å². The number of aromatic nitrogens is 3. The highest BCUT2D eigenvalue weighted by molar-refractivity contribution is 4.65. The van der Waals surface area contributed by atoms with Crippen LogP contribution in [0.25, 0.3) is 0 Å². The highest BCUT2D eigenvalue weighted by atomic mass is 16.2. The van der Waals surface area contributed by atoms with Gasteiger partial charge in [-0.3, -0.25) is 4.57 Å². The van der Waals surface area contributed by atoms with Crippen LogP contribution >= 0.6 is 0 Å². The van der Waals surface area contributed by atoms with Crippen LogP contribution in [-0.2, 0) is 13.1 Å². The maximum atomic E-state index is 11.1. The van der Waals surface area contributed by atoms with Crippen molar-refractivity contribution in [3.8, 4) is 0 Å². The van der Waals surface area contributed by atoms with Gasteiger partial charge in [0.15, 0.2) is 0 Å². The first-order valence-corrected chi connectivity index (χ1v) is 3.41. The summed E-state index contributed by atoms with van der Waals surface area (Å²) in [6.07, 6.45) is 1.56. The Morgan fingerprint density at radius 3 is 2.50 bits per heavy atom. The van der Waals surface area contributed by atoms with Crippen molar-refractivity contribution in [2.45, 2.75) is 26.9 Å². The lowest BCUT2D eigenvalue weighted by atomic mass is 10.7. The molecule has 0 aliphatic rings. The van der Waals surface area contributed by atoms with Gasteiger partial charge in [-0.05, 0) is 13.8 Å². The first-order chi connectivity index (χ1) is 4.79. The molecule has 0 spiro atoms. The van der Waals surface area contributed by atoms with E-state index in [4.69, 9.17) is 0 Å². The zero-order chi connectivity index (χ0) is 7.56. The van der Waals surface area contributed by atoms with Gasteiger partial charge in [0.25, 0.3) is 0 Å². The monoisotopic (exact) mass is 141 g/mol. The minimum absolute atomic E-state index is 0.0231. The molecule has 1 rings (SSSR count). The maximum absolute atomic E-state index is 11.1. The smallest absolute Gasteiger partial charge is 0.282 e. The molecule has 0 N–H and O–H groups in total. The summed E-state index contributed by atoms with van der Waals surface area (Å²) in [6, 6.07) is 0. The molecule has 1 heterocycles. The molecule has 0 fully saturated rings. The van der Waals surface area contributed by atoms with Gasteiger partial charge in [0.2, 0.25) is 0 Å². The summed E-state index contributed by atoms with van der Waals surface area (Å²) >= 11 is 0. The summed E-state index contributed by atoms with van der Waals surface area (Å²) in [5.74, 6) is 0. The minimum atomic E-state index is -0.0231. The molecule has 0 bridgehead atoms. The summed E-state index contributed by atoms with van der Waals surface area (Å²) in [5.41, 5.74) is -0.0231. The van der Waals surface area contributed by atoms with Gasteiger partial charge >= 0.3 is 5.69 Å². The van der Waals surface area contributed by atoms with E-state index in [1.807, 2.05) is 13.8 Å². The molecule has 1 aromatic heterocycles. The second-order valence-corrected chi connectivity index (χ2v) is 2.02. The van der Waals surface area contributed by atoms with Crippen LogP contribution in [0.3, 0.4) is 0 Å². The van der Waals surface area contributed by atoms with E-state index in [9.17, 15) is 4.79 Å². The molecule has 4 heteroatoms. The van der Waals surface area contributed by atoms with Crippen LogP contribution in [0.2, 0.25) is 0 Å². The minimum Gasteiger partial charge on any atom is -0.282 e. The predicted molar refractivity (Wildman–Crippen MR) is 37.8 cm³/mol. The van der Waals surface area contributed by atoms with Gasteiger partial charge in [0.1, 0.15) is 6.33 Å². The lowest BCUT2D eigenvalue weighted by Gasteiger charge is -1.90. The molecule has 0 aromatic carbocycles. The third-order valence-corrected chi connectivity index (χ3v) is 1.44. The molecule has 0 unspecified atom stereocenters. The molecule has 0 saturated carbocycles. The molecule has 0 atom stereocenters. The fourth-order valence-electron chi connectivity index (χ4n) is 0.806. The standard InChI is InChI=1S/C6H11N3O/c1-3-8-5-7-9(4-2)6(8)10/h5H,3-4H2,1-2H3. The fourth-order valence-corrected chi connectivity index (χ4v) is 0.806. The largest absolute Gasteiger partial charge is 0.345 e. The summed E-state index contributed by atoms with van der Waals surface area (Å²) in [5, 5.41) is 3.87. The van der Waals surface area contributed by atoms with Gasteiger partial charge in [-0.2, -0.15) is 5.10 Å². The molecule has 0 amide bonds. The molecular weight excluding hydrogens is 130 g/mol. The van der Waals surface area contributed by atoms with E-state index in [1.54, 1.807) is 10.9 Å². The van der Waals surface area contributed by atoms with Crippen LogP contribution < -0.4 is 5.69 Å². The Hall–Kier alpha value is -1.06. The van der Waals surface area contributed by atoms with Crippen LogP contribution in [0.15, 0.2) is 11.1 Å². The van der Waals surface area contributed by atoms with Crippen molar-refractivity contribution < 1.29 is 0 Å². The quantitative estimate of drug-likeness (QED) is 0.585. The molecule has 0 aliphatic carbocycles. The summed E-state index contributed by atoms with van der Waals surface area (Å²) < 4.78 is 3.01. The van der Waals surface area contributed by atoms with E-state index in [2.05, 4.69) is 5.10 Å². The van der Waals surface area contributed by atoms with E-state index >= 15 is 0 Å². The number of hydrogen-bond acceptors (Lipinski definition) is 2. The van der Waals surface area contributed by atoms with Gasteiger partial charge in [0.05, 0.1) is 0 Å². The Bertz CT molecular complexity index is 236. The average molecular weight is 141 g/mol. The Morgan fingerprint density at radius 2 is 2.20 bits per heavy atom. The van der Waals surface area contributed by atoms with Crippen molar-refractivity contribution in [1.29, 1.82) is 0 Å². The topological polar surface area (TPSA) is 39.8 Å². The van der Waals surface area contributed by atoms with E-state index in [0.29, 0.717) is 13.1 Å². The lowest BCUT2D eigenvalue weighted by molar-refractivity contribution is 0.611. The molecule has 0 radical (unpaired) electrons. The summed E-state index contributed by atoms with van der Waals surface area (Å²) in [6.45, 7) is 5.15. The third kappa shape index (κ3) is 0.964. The van der Waals surface area contributed by atoms with E-state index in [0.717, 1.165) is 0 Å². The number of nitrogens with zero attached hydrogens (tertiary/aromatic N) is 3. The van der Waals surface area contributed by atoms with Crippen molar-refractivity contribution in [3.05, 3.63) is 16.8 Å². The van der Waals surface area contributed by atoms with Gasteiger partial charge in [-0.25, -0.2) is 9.48 Å². The molecule has 0 aliphatic heterocycles. The molecular formula is C6H11N3O. The van der Waals surface area contributed by atoms with Crippen molar-refractivity contribution in [2.24, 2.45) is 0 Å². The van der Waals surface area contributed by atoms with Crippen LogP contribution in [0, 0.1) is 0 Å². The SMILES string of the molecule is CCn1cnn(CC)c1=O. The zero-order valence-electron chi connectivity index (χ0n) is 6.24. The molecule has 4 nitrogen and oxygen atoms in total. The summed E-state index contributed by atoms with van der Waals surface area (Å²) in [4.78, 5) is 11.1. The Morgan fingerprint density at radius 1 is 1.50 bits per heavy atom. The second-order valence-electron chi connectivity index (χ2n) is 2.02. The number of hydrogen-bond donors (Lipinski definition) is 0. The maximum Gasteiger partial charge on any atom is 0.345 e. The van der Waals surface area contributed by atoms with Gasteiger partial charge in [-0.15, -0.1) is 0 Å². The van der Waals surface area contributed by atoms with Crippen molar-refractivity contribution in [3.63, 3.8) is 0 Å². The first-order valence-electron chi connectivity index (χ1n) is 3.41. The van der Waals surface area contributed by atoms with Crippen LogP contribution in [-0.4, -0.2) is 14.3 Å². The van der Waals surface area contributed by atoms with Gasteiger partial charge < -0.3 is 0 Å². The van der Waals surface area contributed by atoms with E-state index < -0.39 is 0 Å². The van der Waals surface area contributed by atoms with E-state index in [1.165, 1.54) is 4.68 Å². The fraction of sp³-hybridized carbons (Fsp3) is 0.667. The Labute approximate surface area is 59.1 Å². The Balaban J connectivity index is 3.09.